The third-order valence-corrected chi connectivity index (χ3v) is 9.79. The lowest BCUT2D eigenvalue weighted by Gasteiger charge is -2.34. The van der Waals surface area contributed by atoms with Gasteiger partial charge in [-0.3, -0.25) is 13.9 Å². The maximum atomic E-state index is 14.2. The molecule has 1 N–H and O–H groups in total. The number of ether oxygens (including phenoxy) is 1. The van der Waals surface area contributed by atoms with E-state index in [0.29, 0.717) is 33.5 Å². The van der Waals surface area contributed by atoms with Gasteiger partial charge in [-0.2, -0.15) is 0 Å². The summed E-state index contributed by atoms with van der Waals surface area (Å²) in [5.41, 5.74) is 0.903. The van der Waals surface area contributed by atoms with Crippen LogP contribution >= 0.6 is 23.2 Å². The Morgan fingerprint density at radius 1 is 1.00 bits per heavy atom. The van der Waals surface area contributed by atoms with E-state index in [1.807, 2.05) is 6.92 Å². The molecule has 4 rings (SSSR count). The molecule has 224 valence electrons. The molecule has 1 aliphatic rings. The van der Waals surface area contributed by atoms with Crippen molar-refractivity contribution in [2.75, 3.05) is 18.0 Å². The number of hydrogen-bond donors (Lipinski definition) is 1. The molecule has 1 atom stereocenters. The van der Waals surface area contributed by atoms with Gasteiger partial charge in [0.25, 0.3) is 10.0 Å². The van der Waals surface area contributed by atoms with Gasteiger partial charge in [-0.25, -0.2) is 8.42 Å². The summed E-state index contributed by atoms with van der Waals surface area (Å²) in [6.07, 6.45) is 4.19. The third-order valence-electron chi connectivity index (χ3n) is 7.41. The number of methoxy groups -OCH3 is 1. The van der Waals surface area contributed by atoms with Crippen LogP contribution in [0.4, 0.5) is 5.69 Å². The summed E-state index contributed by atoms with van der Waals surface area (Å²) in [5.74, 6) is -0.316. The fourth-order valence-electron chi connectivity index (χ4n) is 5.12. The van der Waals surface area contributed by atoms with Crippen LogP contribution in [0.5, 0.6) is 5.75 Å². The Labute approximate surface area is 257 Å². The number of amides is 2. The number of rotatable bonds is 12. The largest absolute Gasteiger partial charge is 0.497 e. The second kappa shape index (κ2) is 14.3. The zero-order valence-corrected chi connectivity index (χ0v) is 26.0. The summed E-state index contributed by atoms with van der Waals surface area (Å²) >= 11 is 12.6. The number of benzene rings is 3. The Kier molecular flexibility index (Phi) is 10.8. The van der Waals surface area contributed by atoms with Gasteiger partial charge in [0.15, 0.2) is 0 Å². The van der Waals surface area contributed by atoms with E-state index in [4.69, 9.17) is 27.9 Å². The fourth-order valence-corrected chi connectivity index (χ4v) is 7.00. The molecule has 1 aliphatic carbocycles. The molecule has 0 heterocycles. The summed E-state index contributed by atoms with van der Waals surface area (Å²) < 4.78 is 34.1. The minimum absolute atomic E-state index is 0.00160. The lowest BCUT2D eigenvalue weighted by Crippen LogP contribution is -2.53. The minimum atomic E-state index is -4.18. The topological polar surface area (TPSA) is 96.0 Å². The molecule has 3 aromatic carbocycles. The molecule has 8 nitrogen and oxygen atoms in total. The van der Waals surface area contributed by atoms with Gasteiger partial charge in [0.05, 0.1) is 17.7 Å². The van der Waals surface area contributed by atoms with Crippen LogP contribution in [0.2, 0.25) is 10.0 Å². The molecule has 0 unspecified atom stereocenters. The van der Waals surface area contributed by atoms with Gasteiger partial charge >= 0.3 is 0 Å². The van der Waals surface area contributed by atoms with E-state index in [-0.39, 0.29) is 23.4 Å². The van der Waals surface area contributed by atoms with E-state index in [9.17, 15) is 18.0 Å². The highest BCUT2D eigenvalue weighted by Gasteiger charge is 2.34. The van der Waals surface area contributed by atoms with Gasteiger partial charge in [0.2, 0.25) is 11.8 Å². The quantitative estimate of drug-likeness (QED) is 0.262. The van der Waals surface area contributed by atoms with Crippen LogP contribution in [-0.2, 0) is 26.2 Å². The number of halogens is 2. The molecule has 0 radical (unpaired) electrons. The summed E-state index contributed by atoms with van der Waals surface area (Å²) in [6.45, 7) is 1.29. The second-order valence-corrected chi connectivity index (χ2v) is 12.9. The molecule has 0 saturated heterocycles. The third kappa shape index (κ3) is 7.56. The van der Waals surface area contributed by atoms with Crippen molar-refractivity contribution in [1.29, 1.82) is 0 Å². The SMILES string of the molecule is CC[C@@H](C(=O)NC1CCCC1)N(Cc1ccc(Cl)cc1Cl)C(=O)CN(c1ccccc1)S(=O)(=O)c1ccc(OC)cc1. The first-order chi connectivity index (χ1) is 20.1. The number of para-hydroxylation sites is 1. The lowest BCUT2D eigenvalue weighted by molar-refractivity contribution is -0.140. The molecule has 1 saturated carbocycles. The Morgan fingerprint density at radius 3 is 2.26 bits per heavy atom. The Balaban J connectivity index is 1.71. The Hall–Kier alpha value is -3.27. The second-order valence-electron chi connectivity index (χ2n) is 10.2. The van der Waals surface area contributed by atoms with Crippen LogP contribution in [0, 0.1) is 0 Å². The Morgan fingerprint density at radius 2 is 1.67 bits per heavy atom. The van der Waals surface area contributed by atoms with Gasteiger partial charge in [-0.05, 0) is 73.4 Å². The summed E-state index contributed by atoms with van der Waals surface area (Å²) in [7, 11) is -2.69. The van der Waals surface area contributed by atoms with Crippen LogP contribution in [0.25, 0.3) is 0 Å². The highest BCUT2D eigenvalue weighted by molar-refractivity contribution is 7.92. The average molecular weight is 633 g/mol. The van der Waals surface area contributed by atoms with E-state index in [0.717, 1.165) is 30.0 Å². The maximum Gasteiger partial charge on any atom is 0.264 e. The predicted molar refractivity (Wildman–Crippen MR) is 165 cm³/mol. The standard InChI is InChI=1S/C31H35Cl2N3O5S/c1-3-29(31(38)34-24-9-7-8-10-24)35(20-22-13-14-23(32)19-28(22)33)30(37)21-36(25-11-5-4-6-12-25)42(39,40)27-17-15-26(41-2)16-18-27/h4-6,11-19,24,29H,3,7-10,20-21H2,1-2H3,(H,34,38)/t29-/m0/s1. The molecule has 0 aromatic heterocycles. The van der Waals surface area contributed by atoms with E-state index < -0.39 is 28.5 Å². The number of nitrogens with one attached hydrogen (secondary N) is 1. The number of carbonyl (C=O) groups excluding carboxylic acids is 2. The number of nitrogens with zero attached hydrogens (tertiary/aromatic N) is 2. The fraction of sp³-hybridized carbons (Fsp3) is 0.355. The smallest absolute Gasteiger partial charge is 0.264 e. The number of anilines is 1. The van der Waals surface area contributed by atoms with Gasteiger partial charge in [-0.15, -0.1) is 0 Å². The molecular formula is C31H35Cl2N3O5S. The van der Waals surface area contributed by atoms with Gasteiger partial charge in [-0.1, -0.05) is 67.2 Å². The minimum Gasteiger partial charge on any atom is -0.497 e. The monoisotopic (exact) mass is 631 g/mol. The molecule has 11 heteroatoms. The highest BCUT2D eigenvalue weighted by atomic mass is 35.5. The lowest BCUT2D eigenvalue weighted by atomic mass is 10.1. The molecule has 0 bridgehead atoms. The van der Waals surface area contributed by atoms with Crippen molar-refractivity contribution in [1.82, 2.24) is 10.2 Å². The first kappa shape index (κ1) is 31.7. The number of carbonyl (C=O) groups is 2. The van der Waals surface area contributed by atoms with Crippen molar-refractivity contribution in [3.05, 3.63) is 88.4 Å². The van der Waals surface area contributed by atoms with Crippen molar-refractivity contribution in [2.45, 2.75) is 62.6 Å². The molecule has 2 amide bonds. The van der Waals surface area contributed by atoms with E-state index in [2.05, 4.69) is 5.32 Å². The van der Waals surface area contributed by atoms with E-state index in [1.165, 1.54) is 24.1 Å². The normalized spacial score (nSPS) is 14.3. The van der Waals surface area contributed by atoms with Crippen molar-refractivity contribution in [2.24, 2.45) is 0 Å². The molecule has 1 fully saturated rings. The van der Waals surface area contributed by atoms with E-state index in [1.54, 1.807) is 60.7 Å². The Bertz CT molecular complexity index is 1480. The maximum absolute atomic E-state index is 14.2. The predicted octanol–water partition coefficient (Wildman–Crippen LogP) is 6.06. The highest BCUT2D eigenvalue weighted by Crippen LogP contribution is 2.28. The molecule has 0 aliphatic heterocycles. The van der Waals surface area contributed by atoms with Crippen LogP contribution in [0.15, 0.2) is 77.7 Å². The molecule has 42 heavy (non-hydrogen) atoms. The van der Waals surface area contributed by atoms with Crippen molar-refractivity contribution in [3.63, 3.8) is 0 Å². The van der Waals surface area contributed by atoms with Gasteiger partial charge in [0, 0.05) is 22.6 Å². The number of sulfonamides is 1. The van der Waals surface area contributed by atoms with Crippen LogP contribution in [-0.4, -0.2) is 50.9 Å². The van der Waals surface area contributed by atoms with Gasteiger partial charge in [0.1, 0.15) is 18.3 Å². The molecular weight excluding hydrogens is 597 g/mol. The van der Waals surface area contributed by atoms with Crippen molar-refractivity contribution < 1.29 is 22.7 Å². The summed E-state index contributed by atoms with van der Waals surface area (Å²) in [5, 5.41) is 3.88. The van der Waals surface area contributed by atoms with Crippen LogP contribution in [0.3, 0.4) is 0 Å². The first-order valence-electron chi connectivity index (χ1n) is 13.9. The summed E-state index contributed by atoms with van der Waals surface area (Å²) in [6, 6.07) is 18.5. The summed E-state index contributed by atoms with van der Waals surface area (Å²) in [4.78, 5) is 29.1. The zero-order chi connectivity index (χ0) is 30.3. The van der Waals surface area contributed by atoms with Gasteiger partial charge < -0.3 is 15.0 Å². The van der Waals surface area contributed by atoms with Crippen molar-refractivity contribution >= 4 is 50.7 Å². The van der Waals surface area contributed by atoms with Crippen LogP contribution in [0.1, 0.15) is 44.6 Å². The first-order valence-corrected chi connectivity index (χ1v) is 16.1. The van der Waals surface area contributed by atoms with Crippen LogP contribution < -0.4 is 14.4 Å². The molecule has 3 aromatic rings. The number of hydrogen-bond acceptors (Lipinski definition) is 5. The zero-order valence-electron chi connectivity index (χ0n) is 23.6. The molecule has 0 spiro atoms. The van der Waals surface area contributed by atoms with Crippen molar-refractivity contribution in [3.8, 4) is 5.75 Å². The average Bonchev–Trinajstić information content (AvgIpc) is 3.50. The van der Waals surface area contributed by atoms with E-state index >= 15 is 0 Å².